The molecule has 17 heavy (non-hydrogen) atoms. The number of nitriles is 1. The number of nitrogens with one attached hydrogen (secondary N) is 1. The van der Waals surface area contributed by atoms with Gasteiger partial charge in [-0.2, -0.15) is 5.26 Å². The van der Waals surface area contributed by atoms with Crippen LogP contribution in [0.2, 0.25) is 0 Å². The summed E-state index contributed by atoms with van der Waals surface area (Å²) in [5, 5.41) is 8.65. The van der Waals surface area contributed by atoms with Gasteiger partial charge in [0.05, 0.1) is 6.20 Å². The van der Waals surface area contributed by atoms with Crippen molar-refractivity contribution in [2.45, 2.75) is 13.8 Å². The number of nitrogens with zero attached hydrogens (tertiary/aromatic N) is 3. The highest BCUT2D eigenvalue weighted by atomic mass is 16.1. The summed E-state index contributed by atoms with van der Waals surface area (Å²) in [5.74, 6) is 0.381. The highest BCUT2D eigenvalue weighted by Crippen LogP contribution is 2.16. The lowest BCUT2D eigenvalue weighted by Gasteiger charge is -2.04. The van der Waals surface area contributed by atoms with Crippen molar-refractivity contribution in [2.24, 2.45) is 0 Å². The Morgan fingerprint density at radius 2 is 2.06 bits per heavy atom. The Bertz CT molecular complexity index is 667. The Labute approximate surface area is 97.8 Å². The molecule has 0 unspecified atom stereocenters. The van der Waals surface area contributed by atoms with Crippen LogP contribution in [0.4, 0.5) is 0 Å². The molecule has 1 N–H and O–H groups in total. The standard InChI is InChI=1S/C12H10N4O/c1-7-3-8(2)10(14-5-7)11-15-6-9(4-13)12(17)16-11/h3,5-6H,1-2H3,(H,15,16,17). The predicted octanol–water partition coefficient (Wildman–Crippen LogP) is 1.32. The van der Waals surface area contributed by atoms with E-state index in [1.54, 1.807) is 12.3 Å². The van der Waals surface area contributed by atoms with Gasteiger partial charge in [0.15, 0.2) is 5.82 Å². The molecule has 5 heteroatoms. The first kappa shape index (κ1) is 11.0. The lowest BCUT2D eigenvalue weighted by Crippen LogP contribution is -2.12. The van der Waals surface area contributed by atoms with Gasteiger partial charge in [-0.3, -0.25) is 9.78 Å². The Kier molecular flexibility index (Phi) is 2.71. The third kappa shape index (κ3) is 2.06. The zero-order valence-electron chi connectivity index (χ0n) is 9.48. The van der Waals surface area contributed by atoms with Crippen molar-refractivity contribution < 1.29 is 0 Å². The summed E-state index contributed by atoms with van der Waals surface area (Å²) in [6, 6.07) is 3.73. The number of hydrogen-bond donors (Lipinski definition) is 1. The number of aromatic nitrogens is 3. The molecule has 84 valence electrons. The smallest absolute Gasteiger partial charge is 0.269 e. The average molecular weight is 226 g/mol. The molecule has 5 nitrogen and oxygen atoms in total. The molecule has 0 amide bonds. The zero-order chi connectivity index (χ0) is 12.4. The van der Waals surface area contributed by atoms with Gasteiger partial charge in [0, 0.05) is 6.20 Å². The van der Waals surface area contributed by atoms with E-state index in [1.807, 2.05) is 19.9 Å². The van der Waals surface area contributed by atoms with E-state index < -0.39 is 5.56 Å². The van der Waals surface area contributed by atoms with Crippen molar-refractivity contribution in [1.82, 2.24) is 15.0 Å². The zero-order valence-corrected chi connectivity index (χ0v) is 9.48. The van der Waals surface area contributed by atoms with Gasteiger partial charge in [-0.15, -0.1) is 0 Å². The van der Waals surface area contributed by atoms with Crippen LogP contribution in [0, 0.1) is 25.2 Å². The Hall–Kier alpha value is -2.48. The van der Waals surface area contributed by atoms with Gasteiger partial charge >= 0.3 is 0 Å². The molecule has 2 aromatic heterocycles. The van der Waals surface area contributed by atoms with Crippen molar-refractivity contribution in [3.05, 3.63) is 45.5 Å². The van der Waals surface area contributed by atoms with Gasteiger partial charge in [-0.25, -0.2) is 4.98 Å². The predicted molar refractivity (Wildman–Crippen MR) is 62.3 cm³/mol. The number of pyridine rings is 1. The molecule has 0 bridgehead atoms. The van der Waals surface area contributed by atoms with Crippen LogP contribution in [-0.4, -0.2) is 15.0 Å². The van der Waals surface area contributed by atoms with Crippen LogP contribution in [-0.2, 0) is 0 Å². The van der Waals surface area contributed by atoms with Gasteiger partial charge in [0.25, 0.3) is 5.56 Å². The monoisotopic (exact) mass is 226 g/mol. The van der Waals surface area contributed by atoms with Crippen molar-refractivity contribution in [1.29, 1.82) is 5.26 Å². The Morgan fingerprint density at radius 3 is 2.65 bits per heavy atom. The highest BCUT2D eigenvalue weighted by molar-refractivity contribution is 5.54. The van der Waals surface area contributed by atoms with Gasteiger partial charge in [0.2, 0.25) is 0 Å². The van der Waals surface area contributed by atoms with Crippen LogP contribution in [0.1, 0.15) is 16.7 Å². The molecular formula is C12H10N4O. The second-order valence-electron chi connectivity index (χ2n) is 3.76. The third-order valence-electron chi connectivity index (χ3n) is 2.36. The molecule has 0 spiro atoms. The molecule has 0 saturated heterocycles. The lowest BCUT2D eigenvalue weighted by molar-refractivity contribution is 1.07. The van der Waals surface area contributed by atoms with Gasteiger partial charge < -0.3 is 4.98 Å². The van der Waals surface area contributed by atoms with E-state index in [0.717, 1.165) is 11.1 Å². The Morgan fingerprint density at radius 1 is 1.29 bits per heavy atom. The van der Waals surface area contributed by atoms with E-state index in [9.17, 15) is 4.79 Å². The topological polar surface area (TPSA) is 82.4 Å². The summed E-state index contributed by atoms with van der Waals surface area (Å²) in [7, 11) is 0. The summed E-state index contributed by atoms with van der Waals surface area (Å²) in [6.07, 6.45) is 2.97. The van der Waals surface area contributed by atoms with E-state index in [2.05, 4.69) is 15.0 Å². The maximum atomic E-state index is 11.5. The second kappa shape index (κ2) is 4.18. The van der Waals surface area contributed by atoms with Crippen LogP contribution in [0.5, 0.6) is 0 Å². The van der Waals surface area contributed by atoms with E-state index in [4.69, 9.17) is 5.26 Å². The molecule has 0 saturated carbocycles. The molecule has 0 fully saturated rings. The van der Waals surface area contributed by atoms with Crippen LogP contribution >= 0.6 is 0 Å². The number of hydrogen-bond acceptors (Lipinski definition) is 4. The first-order valence-electron chi connectivity index (χ1n) is 5.05. The minimum absolute atomic E-state index is 0.00138. The van der Waals surface area contributed by atoms with Gasteiger partial charge in [0.1, 0.15) is 17.3 Å². The van der Waals surface area contributed by atoms with E-state index in [-0.39, 0.29) is 5.56 Å². The maximum Gasteiger partial charge on any atom is 0.269 e. The fourth-order valence-electron chi connectivity index (χ4n) is 1.56. The molecule has 2 rings (SSSR count). The van der Waals surface area contributed by atoms with E-state index >= 15 is 0 Å². The number of H-pyrrole nitrogens is 1. The van der Waals surface area contributed by atoms with Crippen molar-refractivity contribution in [3.63, 3.8) is 0 Å². The van der Waals surface area contributed by atoms with Crippen LogP contribution in [0.3, 0.4) is 0 Å². The molecule has 0 aliphatic rings. The average Bonchev–Trinajstić information content (AvgIpc) is 2.29. The molecule has 0 radical (unpaired) electrons. The SMILES string of the molecule is Cc1cnc(-c2ncc(C#N)c(=O)[nH]2)c(C)c1. The van der Waals surface area contributed by atoms with Crippen molar-refractivity contribution in [2.75, 3.05) is 0 Å². The van der Waals surface area contributed by atoms with Crippen LogP contribution < -0.4 is 5.56 Å². The molecule has 0 aliphatic heterocycles. The van der Waals surface area contributed by atoms with Crippen LogP contribution in [0.25, 0.3) is 11.5 Å². The van der Waals surface area contributed by atoms with Crippen molar-refractivity contribution >= 4 is 0 Å². The number of aromatic amines is 1. The molecule has 0 aromatic carbocycles. The largest absolute Gasteiger partial charge is 0.304 e. The van der Waals surface area contributed by atoms with E-state index in [1.165, 1.54) is 6.20 Å². The quantitative estimate of drug-likeness (QED) is 0.794. The third-order valence-corrected chi connectivity index (χ3v) is 2.36. The Balaban J connectivity index is 2.58. The minimum Gasteiger partial charge on any atom is -0.304 e. The summed E-state index contributed by atoms with van der Waals surface area (Å²) in [6.45, 7) is 3.84. The number of aryl methyl sites for hydroxylation is 2. The fraction of sp³-hybridized carbons (Fsp3) is 0.167. The fourth-order valence-corrected chi connectivity index (χ4v) is 1.56. The first-order chi connectivity index (χ1) is 8.11. The summed E-state index contributed by atoms with van der Waals surface area (Å²) >= 11 is 0. The van der Waals surface area contributed by atoms with E-state index in [0.29, 0.717) is 11.5 Å². The molecule has 0 aliphatic carbocycles. The maximum absolute atomic E-state index is 11.5. The molecule has 0 atom stereocenters. The summed E-state index contributed by atoms with van der Waals surface area (Å²) in [4.78, 5) is 22.3. The van der Waals surface area contributed by atoms with Gasteiger partial charge in [-0.05, 0) is 25.0 Å². The van der Waals surface area contributed by atoms with Crippen LogP contribution in [0.15, 0.2) is 23.3 Å². The van der Waals surface area contributed by atoms with Crippen molar-refractivity contribution in [3.8, 4) is 17.6 Å². The highest BCUT2D eigenvalue weighted by Gasteiger charge is 2.08. The molecule has 2 heterocycles. The van der Waals surface area contributed by atoms with Gasteiger partial charge in [-0.1, -0.05) is 6.07 Å². The summed E-state index contributed by atoms with van der Waals surface area (Å²) < 4.78 is 0. The first-order valence-corrected chi connectivity index (χ1v) is 5.05. The minimum atomic E-state index is -0.445. The molecule has 2 aromatic rings. The second-order valence-corrected chi connectivity index (χ2v) is 3.76. The normalized spacial score (nSPS) is 9.94. The number of rotatable bonds is 1. The molecular weight excluding hydrogens is 216 g/mol. The summed E-state index contributed by atoms with van der Waals surface area (Å²) in [5.41, 5.74) is 2.15. The lowest BCUT2D eigenvalue weighted by atomic mass is 10.1.